The molecule has 3 nitrogen and oxygen atoms in total. The van der Waals surface area contributed by atoms with Gasteiger partial charge in [0.1, 0.15) is 0 Å². The van der Waals surface area contributed by atoms with Gasteiger partial charge in [0.2, 0.25) is 0 Å². The average Bonchev–Trinajstić information content (AvgIpc) is 2.17. The van der Waals surface area contributed by atoms with Gasteiger partial charge in [0.05, 0.1) is 6.10 Å². The van der Waals surface area contributed by atoms with Crippen LogP contribution in [0.1, 0.15) is 6.42 Å². The number of aliphatic hydroxyl groups is 1. The first-order valence-electron chi connectivity index (χ1n) is 3.43. The lowest BCUT2D eigenvalue weighted by Gasteiger charge is -2.11. The summed E-state index contributed by atoms with van der Waals surface area (Å²) < 4.78 is 0. The van der Waals surface area contributed by atoms with Crippen LogP contribution in [-0.4, -0.2) is 42.3 Å². The molecule has 0 aromatic heterocycles. The molecule has 3 N–H and O–H groups in total. The van der Waals surface area contributed by atoms with Crippen molar-refractivity contribution in [2.75, 3.05) is 26.2 Å². The summed E-state index contributed by atoms with van der Waals surface area (Å²) in [6.07, 6.45) is 0.816. The third kappa shape index (κ3) is 1.93. The van der Waals surface area contributed by atoms with E-state index in [4.69, 9.17) is 10.8 Å². The molecule has 3 heteroatoms. The molecular weight excluding hydrogens is 116 g/mol. The van der Waals surface area contributed by atoms with Crippen LogP contribution in [0.25, 0.3) is 0 Å². The van der Waals surface area contributed by atoms with E-state index in [9.17, 15) is 0 Å². The summed E-state index contributed by atoms with van der Waals surface area (Å²) in [6, 6.07) is 0. The molecule has 1 aliphatic heterocycles. The Labute approximate surface area is 55.5 Å². The lowest BCUT2D eigenvalue weighted by Crippen LogP contribution is -2.27. The topological polar surface area (TPSA) is 49.5 Å². The highest BCUT2D eigenvalue weighted by Crippen LogP contribution is 2.06. The third-order valence-corrected chi connectivity index (χ3v) is 1.69. The largest absolute Gasteiger partial charge is 0.392 e. The molecule has 0 bridgehead atoms. The zero-order valence-corrected chi connectivity index (χ0v) is 5.58. The monoisotopic (exact) mass is 130 g/mol. The SMILES string of the molecule is NCCN1CC[C@@H](O)C1. The van der Waals surface area contributed by atoms with Crippen LogP contribution in [0.15, 0.2) is 0 Å². The number of hydrogen-bond donors (Lipinski definition) is 2. The highest BCUT2D eigenvalue weighted by atomic mass is 16.3. The quantitative estimate of drug-likeness (QED) is 0.504. The fourth-order valence-electron chi connectivity index (χ4n) is 1.20. The lowest BCUT2D eigenvalue weighted by atomic mass is 10.3. The second-order valence-electron chi connectivity index (χ2n) is 2.53. The van der Waals surface area contributed by atoms with Gasteiger partial charge in [-0.15, -0.1) is 0 Å². The molecule has 0 aromatic rings. The summed E-state index contributed by atoms with van der Waals surface area (Å²) in [5, 5.41) is 9.04. The van der Waals surface area contributed by atoms with Gasteiger partial charge in [0.15, 0.2) is 0 Å². The van der Waals surface area contributed by atoms with Crippen LogP contribution in [0.4, 0.5) is 0 Å². The van der Waals surface area contributed by atoms with E-state index < -0.39 is 0 Å². The first kappa shape index (κ1) is 6.99. The van der Waals surface area contributed by atoms with Crippen LogP contribution in [0.2, 0.25) is 0 Å². The summed E-state index contributed by atoms with van der Waals surface area (Å²) in [5.74, 6) is 0. The van der Waals surface area contributed by atoms with E-state index in [1.807, 2.05) is 0 Å². The molecule has 0 aliphatic carbocycles. The number of β-amino-alcohol motifs (C(OH)–C–C–N with tert-alkyl or cyclic N) is 1. The number of hydrogen-bond acceptors (Lipinski definition) is 3. The summed E-state index contributed by atoms with van der Waals surface area (Å²) in [5.41, 5.74) is 5.33. The molecule has 1 rings (SSSR count). The van der Waals surface area contributed by atoms with E-state index in [0.717, 1.165) is 26.1 Å². The number of nitrogens with zero attached hydrogens (tertiary/aromatic N) is 1. The molecule has 0 saturated carbocycles. The van der Waals surface area contributed by atoms with Crippen molar-refractivity contribution in [3.63, 3.8) is 0 Å². The zero-order valence-electron chi connectivity index (χ0n) is 5.58. The molecule has 1 fully saturated rings. The molecule has 0 radical (unpaired) electrons. The van der Waals surface area contributed by atoms with Crippen LogP contribution in [0, 0.1) is 0 Å². The number of rotatable bonds is 2. The van der Waals surface area contributed by atoms with Crippen molar-refractivity contribution in [1.29, 1.82) is 0 Å². The number of aliphatic hydroxyl groups excluding tert-OH is 1. The van der Waals surface area contributed by atoms with Gasteiger partial charge < -0.3 is 10.8 Å². The highest BCUT2D eigenvalue weighted by Gasteiger charge is 2.18. The maximum Gasteiger partial charge on any atom is 0.0679 e. The Bertz CT molecular complexity index is 85.1. The van der Waals surface area contributed by atoms with E-state index in [1.165, 1.54) is 0 Å². The van der Waals surface area contributed by atoms with Gasteiger partial charge in [-0.25, -0.2) is 0 Å². The molecule has 9 heavy (non-hydrogen) atoms. The Morgan fingerprint density at radius 1 is 1.67 bits per heavy atom. The van der Waals surface area contributed by atoms with Gasteiger partial charge in [-0.2, -0.15) is 0 Å². The number of nitrogens with two attached hydrogens (primary N) is 1. The van der Waals surface area contributed by atoms with E-state index in [-0.39, 0.29) is 6.10 Å². The molecule has 1 atom stereocenters. The molecule has 0 unspecified atom stereocenters. The van der Waals surface area contributed by atoms with E-state index in [2.05, 4.69) is 4.90 Å². The van der Waals surface area contributed by atoms with Gasteiger partial charge in [-0.05, 0) is 6.42 Å². The van der Waals surface area contributed by atoms with Crippen LogP contribution >= 0.6 is 0 Å². The molecule has 1 saturated heterocycles. The fraction of sp³-hybridized carbons (Fsp3) is 1.00. The highest BCUT2D eigenvalue weighted by molar-refractivity contribution is 4.73. The number of likely N-dealkylation sites (tertiary alicyclic amines) is 1. The van der Waals surface area contributed by atoms with E-state index >= 15 is 0 Å². The predicted octanol–water partition coefficient (Wildman–Crippen LogP) is -0.988. The van der Waals surface area contributed by atoms with Crippen LogP contribution in [-0.2, 0) is 0 Å². The Balaban J connectivity index is 2.14. The summed E-state index contributed by atoms with van der Waals surface area (Å²) in [7, 11) is 0. The van der Waals surface area contributed by atoms with Gasteiger partial charge >= 0.3 is 0 Å². The lowest BCUT2D eigenvalue weighted by molar-refractivity contribution is 0.177. The molecule has 0 amide bonds. The third-order valence-electron chi connectivity index (χ3n) is 1.69. The van der Waals surface area contributed by atoms with Crippen molar-refractivity contribution in [2.45, 2.75) is 12.5 Å². The smallest absolute Gasteiger partial charge is 0.0679 e. The van der Waals surface area contributed by atoms with Crippen LogP contribution in [0.3, 0.4) is 0 Å². The zero-order chi connectivity index (χ0) is 6.69. The van der Waals surface area contributed by atoms with Crippen molar-refractivity contribution in [2.24, 2.45) is 5.73 Å². The molecule has 1 aliphatic rings. The molecule has 1 heterocycles. The second kappa shape index (κ2) is 3.15. The Morgan fingerprint density at radius 3 is 2.89 bits per heavy atom. The standard InChI is InChI=1S/C6H14N2O/c7-2-4-8-3-1-6(9)5-8/h6,9H,1-5,7H2/t6-/m1/s1. The Kier molecular flexibility index (Phi) is 2.45. The normalized spacial score (nSPS) is 29.3. The van der Waals surface area contributed by atoms with Crippen LogP contribution < -0.4 is 5.73 Å². The van der Waals surface area contributed by atoms with Crippen LogP contribution in [0.5, 0.6) is 0 Å². The first-order valence-corrected chi connectivity index (χ1v) is 3.43. The van der Waals surface area contributed by atoms with Crippen molar-refractivity contribution < 1.29 is 5.11 Å². The van der Waals surface area contributed by atoms with Gasteiger partial charge in [0, 0.05) is 26.2 Å². The van der Waals surface area contributed by atoms with Gasteiger partial charge in [-0.1, -0.05) is 0 Å². The molecule has 0 spiro atoms. The summed E-state index contributed by atoms with van der Waals surface area (Å²) in [4.78, 5) is 2.19. The van der Waals surface area contributed by atoms with Gasteiger partial charge in [0.25, 0.3) is 0 Å². The second-order valence-corrected chi connectivity index (χ2v) is 2.53. The predicted molar refractivity (Wildman–Crippen MR) is 36.1 cm³/mol. The maximum absolute atomic E-state index is 9.04. The van der Waals surface area contributed by atoms with Crippen molar-refractivity contribution >= 4 is 0 Å². The van der Waals surface area contributed by atoms with Crippen molar-refractivity contribution in [3.05, 3.63) is 0 Å². The van der Waals surface area contributed by atoms with Crippen molar-refractivity contribution in [1.82, 2.24) is 4.90 Å². The van der Waals surface area contributed by atoms with E-state index in [0.29, 0.717) is 6.54 Å². The minimum absolute atomic E-state index is 0.100. The molecule has 0 aromatic carbocycles. The van der Waals surface area contributed by atoms with E-state index in [1.54, 1.807) is 0 Å². The minimum Gasteiger partial charge on any atom is -0.392 e. The van der Waals surface area contributed by atoms with Gasteiger partial charge in [-0.3, -0.25) is 4.90 Å². The maximum atomic E-state index is 9.04. The summed E-state index contributed by atoms with van der Waals surface area (Å²) in [6.45, 7) is 3.46. The summed E-state index contributed by atoms with van der Waals surface area (Å²) >= 11 is 0. The Hall–Kier alpha value is -0.120. The first-order chi connectivity index (χ1) is 4.33. The van der Waals surface area contributed by atoms with Crippen molar-refractivity contribution in [3.8, 4) is 0 Å². The minimum atomic E-state index is -0.100. The molecular formula is C6H14N2O. The molecule has 54 valence electrons. The Morgan fingerprint density at radius 2 is 2.44 bits per heavy atom. The fourth-order valence-corrected chi connectivity index (χ4v) is 1.20. The average molecular weight is 130 g/mol.